The van der Waals surface area contributed by atoms with Crippen molar-refractivity contribution >= 4 is 5.91 Å². The molecule has 3 atom stereocenters. The van der Waals surface area contributed by atoms with Crippen LogP contribution in [0.3, 0.4) is 0 Å². The number of rotatable bonds is 10. The number of piperidine rings is 2. The fraction of sp³-hybridized carbons (Fsp3) is 0.538. The van der Waals surface area contributed by atoms with Gasteiger partial charge >= 0.3 is 0 Å². The Hall–Kier alpha value is -2.44. The van der Waals surface area contributed by atoms with E-state index in [-0.39, 0.29) is 5.91 Å². The SMILES string of the molecule is CCOc1cccc(CNC(=O)CCC[C@H]2NC[C@@H]3C[C@H]2CN(Cc2cccnc2)C3)c1. The average molecular weight is 437 g/mol. The van der Waals surface area contributed by atoms with Gasteiger partial charge in [0.2, 0.25) is 5.91 Å². The molecule has 2 N–H and O–H groups in total. The lowest BCUT2D eigenvalue weighted by Crippen LogP contribution is -2.55. The summed E-state index contributed by atoms with van der Waals surface area (Å²) < 4.78 is 5.53. The predicted molar refractivity (Wildman–Crippen MR) is 126 cm³/mol. The van der Waals surface area contributed by atoms with Crippen molar-refractivity contribution in [1.29, 1.82) is 0 Å². The summed E-state index contributed by atoms with van der Waals surface area (Å²) in [4.78, 5) is 19.2. The van der Waals surface area contributed by atoms with Gasteiger partial charge in [0.05, 0.1) is 6.61 Å². The Labute approximate surface area is 191 Å². The third kappa shape index (κ3) is 6.53. The molecule has 2 saturated heterocycles. The number of carbonyl (C=O) groups is 1. The fourth-order valence-electron chi connectivity index (χ4n) is 5.17. The standard InChI is InChI=1S/C26H36N4O2/c1-2-32-24-8-3-6-20(13-24)15-29-26(31)10-4-9-25-23-12-22(16-28-25)18-30(19-23)17-21-7-5-11-27-14-21/h3,5-8,11,13-14,22-23,25,28H,2,4,9-10,12,15-19H2,1H3,(H,29,31)/t22-,23-,25+/m0/s1. The molecule has 2 aliphatic rings. The number of likely N-dealkylation sites (tertiary alicyclic amines) is 1. The molecule has 2 fully saturated rings. The van der Waals surface area contributed by atoms with Crippen molar-refractivity contribution in [1.82, 2.24) is 20.5 Å². The molecular weight excluding hydrogens is 400 g/mol. The van der Waals surface area contributed by atoms with Crippen LogP contribution in [0.15, 0.2) is 48.8 Å². The second kappa shape index (κ2) is 11.4. The van der Waals surface area contributed by atoms with Crippen molar-refractivity contribution < 1.29 is 9.53 Å². The highest BCUT2D eigenvalue weighted by atomic mass is 16.5. The van der Waals surface area contributed by atoms with Crippen molar-refractivity contribution in [3.63, 3.8) is 0 Å². The van der Waals surface area contributed by atoms with Crippen LogP contribution >= 0.6 is 0 Å². The Morgan fingerprint density at radius 2 is 2.16 bits per heavy atom. The molecule has 6 nitrogen and oxygen atoms in total. The highest BCUT2D eigenvalue weighted by Gasteiger charge is 2.36. The van der Waals surface area contributed by atoms with Gasteiger partial charge in [-0.2, -0.15) is 0 Å². The van der Waals surface area contributed by atoms with E-state index in [1.807, 2.05) is 49.6 Å². The molecule has 2 aliphatic heterocycles. The van der Waals surface area contributed by atoms with E-state index in [0.29, 0.717) is 31.5 Å². The van der Waals surface area contributed by atoms with E-state index in [0.717, 1.165) is 56.3 Å². The number of amides is 1. The van der Waals surface area contributed by atoms with E-state index < -0.39 is 0 Å². The molecule has 6 heteroatoms. The molecule has 3 heterocycles. The Bertz CT molecular complexity index is 860. The van der Waals surface area contributed by atoms with Crippen LogP contribution < -0.4 is 15.4 Å². The van der Waals surface area contributed by atoms with Gasteiger partial charge in [0.15, 0.2) is 0 Å². The molecule has 32 heavy (non-hydrogen) atoms. The van der Waals surface area contributed by atoms with Crippen molar-refractivity contribution in [3.8, 4) is 5.75 Å². The first-order valence-electron chi connectivity index (χ1n) is 12.0. The largest absolute Gasteiger partial charge is 0.494 e. The Balaban J connectivity index is 1.18. The molecule has 172 valence electrons. The lowest BCUT2D eigenvalue weighted by Gasteiger charge is -2.46. The normalized spacial score (nSPS) is 23.0. The molecule has 0 spiro atoms. The fourth-order valence-corrected chi connectivity index (χ4v) is 5.17. The average Bonchev–Trinajstić information content (AvgIpc) is 2.80. The minimum absolute atomic E-state index is 0.127. The summed E-state index contributed by atoms with van der Waals surface area (Å²) in [5.41, 5.74) is 2.36. The number of benzene rings is 1. The zero-order valence-electron chi connectivity index (χ0n) is 19.1. The van der Waals surface area contributed by atoms with Gasteiger partial charge in [0, 0.05) is 51.0 Å². The van der Waals surface area contributed by atoms with Crippen LogP contribution in [0.5, 0.6) is 5.75 Å². The van der Waals surface area contributed by atoms with E-state index in [1.54, 1.807) is 0 Å². The molecule has 4 rings (SSSR count). The number of carbonyl (C=O) groups excluding carboxylic acids is 1. The second-order valence-corrected chi connectivity index (χ2v) is 9.18. The summed E-state index contributed by atoms with van der Waals surface area (Å²) in [6.45, 7) is 7.54. The maximum atomic E-state index is 12.4. The predicted octanol–water partition coefficient (Wildman–Crippen LogP) is 3.38. The van der Waals surface area contributed by atoms with Crippen molar-refractivity contribution in [3.05, 3.63) is 59.9 Å². The van der Waals surface area contributed by atoms with E-state index in [1.165, 1.54) is 12.0 Å². The summed E-state index contributed by atoms with van der Waals surface area (Å²) in [6, 6.07) is 12.6. The first-order chi connectivity index (χ1) is 15.7. The molecule has 2 aromatic rings. The third-order valence-corrected chi connectivity index (χ3v) is 6.63. The van der Waals surface area contributed by atoms with Gasteiger partial charge in [-0.25, -0.2) is 0 Å². The molecule has 0 aliphatic carbocycles. The molecule has 0 unspecified atom stereocenters. The van der Waals surface area contributed by atoms with E-state index in [9.17, 15) is 4.79 Å². The first-order valence-corrected chi connectivity index (χ1v) is 12.0. The van der Waals surface area contributed by atoms with Gasteiger partial charge in [-0.05, 0) is 73.9 Å². The van der Waals surface area contributed by atoms with Crippen LogP contribution in [0.25, 0.3) is 0 Å². The molecule has 1 aromatic heterocycles. The molecule has 0 radical (unpaired) electrons. The van der Waals surface area contributed by atoms with Crippen LogP contribution in [-0.4, -0.2) is 48.1 Å². The minimum Gasteiger partial charge on any atom is -0.494 e. The maximum Gasteiger partial charge on any atom is 0.220 e. The van der Waals surface area contributed by atoms with Crippen LogP contribution in [0.1, 0.15) is 43.7 Å². The second-order valence-electron chi connectivity index (χ2n) is 9.18. The van der Waals surface area contributed by atoms with Crippen LogP contribution in [0.4, 0.5) is 0 Å². The number of hydrogen-bond donors (Lipinski definition) is 2. The molecule has 0 saturated carbocycles. The number of nitrogens with one attached hydrogen (secondary N) is 2. The van der Waals surface area contributed by atoms with E-state index in [4.69, 9.17) is 4.74 Å². The summed E-state index contributed by atoms with van der Waals surface area (Å²) >= 11 is 0. The van der Waals surface area contributed by atoms with E-state index >= 15 is 0 Å². The van der Waals surface area contributed by atoms with Gasteiger partial charge in [-0.3, -0.25) is 14.7 Å². The zero-order valence-corrected chi connectivity index (χ0v) is 19.1. The number of aromatic nitrogens is 1. The Morgan fingerprint density at radius 3 is 3.00 bits per heavy atom. The van der Waals surface area contributed by atoms with Crippen LogP contribution in [0, 0.1) is 11.8 Å². The topological polar surface area (TPSA) is 66.5 Å². The highest BCUT2D eigenvalue weighted by molar-refractivity contribution is 5.75. The summed E-state index contributed by atoms with van der Waals surface area (Å²) in [7, 11) is 0. The molecule has 2 bridgehead atoms. The molecule has 1 aromatic carbocycles. The summed E-state index contributed by atoms with van der Waals surface area (Å²) in [5.74, 6) is 2.38. The van der Waals surface area contributed by atoms with Crippen molar-refractivity contribution in [2.75, 3.05) is 26.2 Å². The monoisotopic (exact) mass is 436 g/mol. The number of nitrogens with zero attached hydrogens (tertiary/aromatic N) is 2. The zero-order chi connectivity index (χ0) is 22.2. The minimum atomic E-state index is 0.127. The maximum absolute atomic E-state index is 12.4. The van der Waals surface area contributed by atoms with Gasteiger partial charge < -0.3 is 15.4 Å². The quantitative estimate of drug-likeness (QED) is 0.598. The lowest BCUT2D eigenvalue weighted by atomic mass is 9.79. The van der Waals surface area contributed by atoms with E-state index in [2.05, 4.69) is 26.6 Å². The smallest absolute Gasteiger partial charge is 0.220 e. The first kappa shape index (κ1) is 22.7. The highest BCUT2D eigenvalue weighted by Crippen LogP contribution is 2.31. The third-order valence-electron chi connectivity index (χ3n) is 6.63. The number of hydrogen-bond acceptors (Lipinski definition) is 5. The number of ether oxygens (including phenoxy) is 1. The molecular formula is C26H36N4O2. The van der Waals surface area contributed by atoms with Gasteiger partial charge in [-0.15, -0.1) is 0 Å². The molecule has 1 amide bonds. The Morgan fingerprint density at radius 1 is 1.25 bits per heavy atom. The van der Waals surface area contributed by atoms with Crippen LogP contribution in [-0.2, 0) is 17.9 Å². The van der Waals surface area contributed by atoms with Crippen molar-refractivity contribution in [2.24, 2.45) is 11.8 Å². The summed E-state index contributed by atoms with van der Waals surface area (Å²) in [6.07, 6.45) is 7.69. The Kier molecular flexibility index (Phi) is 8.13. The summed E-state index contributed by atoms with van der Waals surface area (Å²) in [5, 5.41) is 6.83. The number of pyridine rings is 1. The van der Waals surface area contributed by atoms with Crippen molar-refractivity contribution in [2.45, 2.75) is 51.7 Å². The van der Waals surface area contributed by atoms with Gasteiger partial charge in [0.1, 0.15) is 5.75 Å². The van der Waals surface area contributed by atoms with Gasteiger partial charge in [-0.1, -0.05) is 18.2 Å². The number of fused-ring (bicyclic) bond motifs is 2. The lowest BCUT2D eigenvalue weighted by molar-refractivity contribution is -0.121. The van der Waals surface area contributed by atoms with Gasteiger partial charge in [0.25, 0.3) is 0 Å². The van der Waals surface area contributed by atoms with Crippen LogP contribution in [0.2, 0.25) is 0 Å².